The summed E-state index contributed by atoms with van der Waals surface area (Å²) in [5.74, 6) is 2.04. The first-order chi connectivity index (χ1) is 12.6. The molecule has 3 heterocycles. The van der Waals surface area contributed by atoms with E-state index >= 15 is 0 Å². The number of likely N-dealkylation sites (tertiary alicyclic amines) is 1. The lowest BCUT2D eigenvalue weighted by molar-refractivity contribution is -0.134. The van der Waals surface area contributed by atoms with E-state index in [0.29, 0.717) is 6.54 Å². The molecule has 1 aromatic rings. The van der Waals surface area contributed by atoms with Gasteiger partial charge < -0.3 is 15.1 Å². The van der Waals surface area contributed by atoms with Crippen molar-refractivity contribution in [1.29, 1.82) is 0 Å². The fourth-order valence-corrected chi connectivity index (χ4v) is 3.84. The molecule has 2 amide bonds. The van der Waals surface area contributed by atoms with Crippen LogP contribution in [-0.4, -0.2) is 59.9 Å². The number of anilines is 1. The van der Waals surface area contributed by atoms with Crippen LogP contribution in [0.4, 0.5) is 5.82 Å². The van der Waals surface area contributed by atoms with Gasteiger partial charge in [0.2, 0.25) is 11.8 Å². The molecule has 0 unspecified atom stereocenters. The van der Waals surface area contributed by atoms with Gasteiger partial charge in [0, 0.05) is 58.1 Å². The maximum Gasteiger partial charge on any atom is 0.223 e. The molecule has 3 rings (SSSR count). The Hall–Kier alpha value is -2.18. The Morgan fingerprint density at radius 1 is 1.15 bits per heavy atom. The van der Waals surface area contributed by atoms with Gasteiger partial charge >= 0.3 is 0 Å². The topological polar surface area (TPSA) is 78.4 Å². The quantitative estimate of drug-likeness (QED) is 0.864. The van der Waals surface area contributed by atoms with Crippen molar-refractivity contribution in [3.8, 4) is 0 Å². The fraction of sp³-hybridized carbons (Fsp3) is 0.684. The maximum atomic E-state index is 12.4. The van der Waals surface area contributed by atoms with E-state index in [0.717, 1.165) is 49.8 Å². The number of nitrogens with one attached hydrogen (secondary N) is 1. The molecule has 0 spiro atoms. The van der Waals surface area contributed by atoms with Crippen molar-refractivity contribution in [3.05, 3.63) is 17.6 Å². The summed E-state index contributed by atoms with van der Waals surface area (Å²) in [5, 5.41) is 2.57. The third kappa shape index (κ3) is 4.51. The number of rotatable bonds is 5. The normalized spacial score (nSPS) is 20.3. The number of hydrogen-bond acceptors (Lipinski definition) is 5. The predicted octanol–water partition coefficient (Wildman–Crippen LogP) is 1.62. The van der Waals surface area contributed by atoms with Gasteiger partial charge in [0.1, 0.15) is 11.6 Å². The predicted molar refractivity (Wildman–Crippen MR) is 100 cm³/mol. The number of aryl methyl sites for hydroxylation is 1. The zero-order valence-corrected chi connectivity index (χ0v) is 15.8. The summed E-state index contributed by atoms with van der Waals surface area (Å²) in [4.78, 5) is 37.3. The zero-order valence-electron chi connectivity index (χ0n) is 15.8. The van der Waals surface area contributed by atoms with Crippen molar-refractivity contribution in [2.24, 2.45) is 0 Å². The number of amides is 2. The number of nitrogens with zero attached hydrogens (tertiary/aromatic N) is 4. The molecule has 7 nitrogen and oxygen atoms in total. The second-order valence-corrected chi connectivity index (χ2v) is 7.24. The van der Waals surface area contributed by atoms with Crippen LogP contribution in [0.3, 0.4) is 0 Å². The average Bonchev–Trinajstić information content (AvgIpc) is 3.20. The van der Waals surface area contributed by atoms with Crippen LogP contribution >= 0.6 is 0 Å². The molecular formula is C19H29N5O2. The summed E-state index contributed by atoms with van der Waals surface area (Å²) >= 11 is 0. The van der Waals surface area contributed by atoms with Crippen LogP contribution in [0.15, 0.2) is 6.07 Å². The summed E-state index contributed by atoms with van der Waals surface area (Å²) in [5.41, 5.74) is 1.04. The number of piperidine rings is 1. The van der Waals surface area contributed by atoms with Gasteiger partial charge in [0.25, 0.3) is 0 Å². The molecule has 1 N–H and O–H groups in total. The summed E-state index contributed by atoms with van der Waals surface area (Å²) in [6.07, 6.45) is 4.97. The third-order valence-corrected chi connectivity index (χ3v) is 5.31. The van der Waals surface area contributed by atoms with Gasteiger partial charge in [-0.1, -0.05) is 0 Å². The van der Waals surface area contributed by atoms with Crippen LogP contribution < -0.4 is 10.2 Å². The number of carbonyl (C=O) groups excluding carboxylic acids is 2. The molecular weight excluding hydrogens is 330 g/mol. The molecule has 2 aliphatic rings. The van der Waals surface area contributed by atoms with Gasteiger partial charge in [-0.3, -0.25) is 9.59 Å². The van der Waals surface area contributed by atoms with Crippen molar-refractivity contribution >= 4 is 17.6 Å². The van der Waals surface area contributed by atoms with E-state index in [1.54, 1.807) is 7.05 Å². The van der Waals surface area contributed by atoms with E-state index in [-0.39, 0.29) is 30.6 Å². The Labute approximate surface area is 155 Å². The van der Waals surface area contributed by atoms with Crippen LogP contribution in [0, 0.1) is 6.92 Å². The lowest BCUT2D eigenvalue weighted by Gasteiger charge is -2.33. The molecule has 7 heteroatoms. The van der Waals surface area contributed by atoms with Gasteiger partial charge in [-0.25, -0.2) is 9.97 Å². The van der Waals surface area contributed by atoms with E-state index in [1.165, 1.54) is 12.8 Å². The first kappa shape index (κ1) is 18.6. The highest BCUT2D eigenvalue weighted by molar-refractivity contribution is 5.83. The summed E-state index contributed by atoms with van der Waals surface area (Å²) in [7, 11) is 1.60. The SMILES string of the molecule is CNC(=O)CCC(=O)N1CCC[C@@H](c2cc(N3CCCC3)nc(C)n2)C1. The third-order valence-electron chi connectivity index (χ3n) is 5.31. The smallest absolute Gasteiger partial charge is 0.223 e. The summed E-state index contributed by atoms with van der Waals surface area (Å²) in [6.45, 7) is 5.52. The van der Waals surface area contributed by atoms with Crippen molar-refractivity contribution < 1.29 is 9.59 Å². The van der Waals surface area contributed by atoms with Crippen molar-refractivity contribution in [3.63, 3.8) is 0 Å². The monoisotopic (exact) mass is 359 g/mol. The van der Waals surface area contributed by atoms with Crippen molar-refractivity contribution in [1.82, 2.24) is 20.2 Å². The van der Waals surface area contributed by atoms with Gasteiger partial charge in [-0.05, 0) is 32.6 Å². The van der Waals surface area contributed by atoms with E-state index in [4.69, 9.17) is 0 Å². The molecule has 142 valence electrons. The summed E-state index contributed by atoms with van der Waals surface area (Å²) in [6, 6.07) is 2.11. The molecule has 2 aliphatic heterocycles. The van der Waals surface area contributed by atoms with E-state index in [2.05, 4.69) is 26.3 Å². The first-order valence-corrected chi connectivity index (χ1v) is 9.65. The molecule has 2 saturated heterocycles. The van der Waals surface area contributed by atoms with Crippen LogP contribution in [0.5, 0.6) is 0 Å². The lowest BCUT2D eigenvalue weighted by atomic mass is 9.94. The second-order valence-electron chi connectivity index (χ2n) is 7.24. The lowest BCUT2D eigenvalue weighted by Crippen LogP contribution is -2.39. The largest absolute Gasteiger partial charge is 0.359 e. The van der Waals surface area contributed by atoms with Crippen LogP contribution in [0.1, 0.15) is 56.0 Å². The van der Waals surface area contributed by atoms with Gasteiger partial charge in [0.05, 0.1) is 5.69 Å². The first-order valence-electron chi connectivity index (χ1n) is 9.65. The van der Waals surface area contributed by atoms with Gasteiger partial charge in [-0.15, -0.1) is 0 Å². The number of aromatic nitrogens is 2. The van der Waals surface area contributed by atoms with Gasteiger partial charge in [0.15, 0.2) is 0 Å². The highest BCUT2D eigenvalue weighted by atomic mass is 16.2. The average molecular weight is 359 g/mol. The second kappa shape index (κ2) is 8.47. The minimum Gasteiger partial charge on any atom is -0.359 e. The summed E-state index contributed by atoms with van der Waals surface area (Å²) < 4.78 is 0. The van der Waals surface area contributed by atoms with E-state index in [9.17, 15) is 9.59 Å². The molecule has 0 bridgehead atoms. The van der Waals surface area contributed by atoms with Crippen molar-refractivity contribution in [2.45, 2.75) is 51.4 Å². The Kier molecular flexibility index (Phi) is 6.06. The Balaban J connectivity index is 1.67. The molecule has 26 heavy (non-hydrogen) atoms. The molecule has 1 atom stereocenters. The molecule has 0 radical (unpaired) electrons. The van der Waals surface area contributed by atoms with E-state index in [1.807, 2.05) is 11.8 Å². The molecule has 0 saturated carbocycles. The minimum absolute atomic E-state index is 0.0591. The molecule has 0 aromatic carbocycles. The molecule has 2 fully saturated rings. The Morgan fingerprint density at radius 3 is 2.65 bits per heavy atom. The fourth-order valence-electron chi connectivity index (χ4n) is 3.84. The maximum absolute atomic E-state index is 12.4. The van der Waals surface area contributed by atoms with Crippen LogP contribution in [0.25, 0.3) is 0 Å². The highest BCUT2D eigenvalue weighted by Gasteiger charge is 2.27. The standard InChI is InChI=1S/C19H29N5O2/c1-14-21-16(12-17(22-14)23-9-3-4-10-23)15-6-5-11-24(13-15)19(26)8-7-18(25)20-2/h12,15H,3-11,13H2,1-2H3,(H,20,25)/t15-/m1/s1. The van der Waals surface area contributed by atoms with Crippen molar-refractivity contribution in [2.75, 3.05) is 38.1 Å². The Bertz CT molecular complexity index is 657. The highest BCUT2D eigenvalue weighted by Crippen LogP contribution is 2.29. The van der Waals surface area contributed by atoms with Crippen LogP contribution in [0.2, 0.25) is 0 Å². The van der Waals surface area contributed by atoms with E-state index < -0.39 is 0 Å². The Morgan fingerprint density at radius 2 is 1.92 bits per heavy atom. The van der Waals surface area contributed by atoms with Gasteiger partial charge in [-0.2, -0.15) is 0 Å². The minimum atomic E-state index is -0.0893. The number of hydrogen-bond donors (Lipinski definition) is 1. The number of carbonyl (C=O) groups is 2. The molecule has 0 aliphatic carbocycles. The van der Waals surface area contributed by atoms with Crippen LogP contribution in [-0.2, 0) is 9.59 Å². The zero-order chi connectivity index (χ0) is 18.5. The molecule has 1 aromatic heterocycles.